The Balaban J connectivity index is 1.67. The Kier molecular flexibility index (Phi) is 14.4. The van der Waals surface area contributed by atoms with Gasteiger partial charge in [0, 0.05) is 18.3 Å². The van der Waals surface area contributed by atoms with Gasteiger partial charge in [0.05, 0.1) is 18.0 Å². The quantitative estimate of drug-likeness (QED) is 0.115. The van der Waals surface area contributed by atoms with Crippen molar-refractivity contribution in [3.8, 4) is 0 Å². The first kappa shape index (κ1) is 39.6. The third-order valence-electron chi connectivity index (χ3n) is 9.05. The van der Waals surface area contributed by atoms with E-state index in [1.807, 2.05) is 93.6 Å². The summed E-state index contributed by atoms with van der Waals surface area (Å²) in [6.45, 7) is 10.4. The number of benzene rings is 3. The van der Waals surface area contributed by atoms with Gasteiger partial charge in [-0.25, -0.2) is 0 Å². The molecule has 268 valence electrons. The van der Waals surface area contributed by atoms with E-state index in [-0.39, 0.29) is 31.8 Å². The number of hydrogen-bond acceptors (Lipinski definition) is 7. The number of carbonyl (C=O) groups is 6. The van der Waals surface area contributed by atoms with Crippen LogP contribution in [0.1, 0.15) is 78.4 Å². The molecule has 0 spiro atoms. The van der Waals surface area contributed by atoms with Crippen molar-refractivity contribution in [1.82, 2.24) is 10.6 Å². The molecule has 50 heavy (non-hydrogen) atoms. The number of rotatable bonds is 19. The summed E-state index contributed by atoms with van der Waals surface area (Å²) in [5, 5.41) is 7.30. The van der Waals surface area contributed by atoms with Crippen molar-refractivity contribution in [2.75, 3.05) is 0 Å². The highest BCUT2D eigenvalue weighted by molar-refractivity contribution is 6.39. The standard InChI is InChI=1S/C40H51N3O7/c1-7-26(4)35(42-38(48)32(19-25(2)3)23-34(45)50-24-27-13-9-8-10-14-27)36(46)39(49)43-40(5,6)33(44)22-31(37(41)47)21-28-17-18-29-15-11-12-16-30(29)20-28/h8-18,20,25-26,31-32,35H,7,19,21-24H2,1-6H3,(H2,41,47)(H,42,48)(H,43,49)/t26-,31+,32+,35?/m0/s1. The predicted octanol–water partition coefficient (Wildman–Crippen LogP) is 5.23. The Hall–Kier alpha value is -4.86. The van der Waals surface area contributed by atoms with Gasteiger partial charge in [-0.1, -0.05) is 107 Å². The molecule has 3 amide bonds. The average Bonchev–Trinajstić information content (AvgIpc) is 3.08. The molecular weight excluding hydrogens is 634 g/mol. The molecule has 0 fully saturated rings. The van der Waals surface area contributed by atoms with Crippen LogP contribution >= 0.6 is 0 Å². The number of amides is 3. The SMILES string of the molecule is CC[C@H](C)C(NC(=O)[C@@H](CC(=O)OCc1ccccc1)CC(C)C)C(=O)C(=O)NC(C)(C)C(=O)C[C@@H](Cc1ccc2ccccc2c1)C(N)=O. The van der Waals surface area contributed by atoms with E-state index in [4.69, 9.17) is 10.5 Å². The lowest BCUT2D eigenvalue weighted by atomic mass is 9.86. The fourth-order valence-electron chi connectivity index (χ4n) is 5.78. The number of primary amides is 1. The van der Waals surface area contributed by atoms with Gasteiger partial charge in [0.1, 0.15) is 6.61 Å². The fourth-order valence-corrected chi connectivity index (χ4v) is 5.78. The Morgan fingerprint density at radius 2 is 1.44 bits per heavy atom. The normalized spacial score (nSPS) is 13.9. The van der Waals surface area contributed by atoms with Gasteiger partial charge in [-0.05, 0) is 60.4 Å². The molecule has 0 aliphatic rings. The number of nitrogens with two attached hydrogens (primary N) is 1. The van der Waals surface area contributed by atoms with E-state index < -0.39 is 64.6 Å². The van der Waals surface area contributed by atoms with E-state index in [0.717, 1.165) is 21.9 Å². The predicted molar refractivity (Wildman–Crippen MR) is 192 cm³/mol. The van der Waals surface area contributed by atoms with Crippen LogP contribution < -0.4 is 16.4 Å². The molecule has 3 aromatic carbocycles. The zero-order chi connectivity index (χ0) is 37.0. The molecule has 1 unspecified atom stereocenters. The molecule has 0 aliphatic heterocycles. The lowest BCUT2D eigenvalue weighted by Gasteiger charge is -2.29. The van der Waals surface area contributed by atoms with E-state index in [2.05, 4.69) is 10.6 Å². The van der Waals surface area contributed by atoms with E-state index in [1.165, 1.54) is 13.8 Å². The second-order valence-corrected chi connectivity index (χ2v) is 14.1. The maximum absolute atomic E-state index is 13.6. The number of carbonyl (C=O) groups excluding carboxylic acids is 6. The second-order valence-electron chi connectivity index (χ2n) is 14.1. The van der Waals surface area contributed by atoms with Gasteiger partial charge in [0.15, 0.2) is 5.78 Å². The Bertz CT molecular complexity index is 1670. The minimum Gasteiger partial charge on any atom is -0.461 e. The largest absolute Gasteiger partial charge is 0.461 e. The van der Waals surface area contributed by atoms with Crippen LogP contribution in [0.25, 0.3) is 10.8 Å². The molecule has 0 aromatic heterocycles. The van der Waals surface area contributed by atoms with Crippen LogP contribution in [0.3, 0.4) is 0 Å². The summed E-state index contributed by atoms with van der Waals surface area (Å²) in [5.41, 5.74) is 5.83. The van der Waals surface area contributed by atoms with Gasteiger partial charge in [-0.2, -0.15) is 0 Å². The summed E-state index contributed by atoms with van der Waals surface area (Å²) in [6, 6.07) is 21.6. The van der Waals surface area contributed by atoms with Crippen molar-refractivity contribution in [3.63, 3.8) is 0 Å². The molecule has 0 saturated carbocycles. The second kappa shape index (κ2) is 18.2. The molecule has 0 bridgehead atoms. The Labute approximate surface area is 294 Å². The van der Waals surface area contributed by atoms with Crippen molar-refractivity contribution >= 4 is 46.0 Å². The van der Waals surface area contributed by atoms with Gasteiger partial charge in [-0.3, -0.25) is 28.8 Å². The topological polar surface area (TPSA) is 162 Å². The Morgan fingerprint density at radius 3 is 2.06 bits per heavy atom. The van der Waals surface area contributed by atoms with E-state index in [0.29, 0.717) is 12.8 Å². The summed E-state index contributed by atoms with van der Waals surface area (Å²) in [7, 11) is 0. The first-order valence-corrected chi connectivity index (χ1v) is 17.3. The monoisotopic (exact) mass is 685 g/mol. The van der Waals surface area contributed by atoms with E-state index in [1.54, 1.807) is 6.92 Å². The molecular formula is C40H51N3O7. The Morgan fingerprint density at radius 1 is 0.800 bits per heavy atom. The maximum atomic E-state index is 13.6. The maximum Gasteiger partial charge on any atom is 0.306 e. The number of fused-ring (bicyclic) bond motifs is 1. The molecule has 4 N–H and O–H groups in total. The van der Waals surface area contributed by atoms with Crippen LogP contribution in [0.15, 0.2) is 72.8 Å². The third-order valence-corrected chi connectivity index (χ3v) is 9.05. The lowest BCUT2D eigenvalue weighted by Crippen LogP contribution is -2.57. The molecule has 3 aromatic rings. The van der Waals surface area contributed by atoms with Crippen molar-refractivity contribution < 1.29 is 33.5 Å². The molecule has 10 nitrogen and oxygen atoms in total. The zero-order valence-corrected chi connectivity index (χ0v) is 30.0. The first-order valence-electron chi connectivity index (χ1n) is 17.3. The highest BCUT2D eigenvalue weighted by Gasteiger charge is 2.38. The number of nitrogens with one attached hydrogen (secondary N) is 2. The molecule has 0 saturated heterocycles. The van der Waals surface area contributed by atoms with Crippen LogP contribution in [-0.4, -0.2) is 46.8 Å². The summed E-state index contributed by atoms with van der Waals surface area (Å²) < 4.78 is 5.41. The van der Waals surface area contributed by atoms with Gasteiger partial charge in [-0.15, -0.1) is 0 Å². The van der Waals surface area contributed by atoms with E-state index in [9.17, 15) is 28.8 Å². The summed E-state index contributed by atoms with van der Waals surface area (Å²) >= 11 is 0. The van der Waals surface area contributed by atoms with Crippen molar-refractivity contribution in [2.45, 2.75) is 91.8 Å². The molecule has 10 heteroatoms. The minimum atomic E-state index is -1.52. The zero-order valence-electron chi connectivity index (χ0n) is 30.0. The van der Waals surface area contributed by atoms with Gasteiger partial charge >= 0.3 is 5.97 Å². The lowest BCUT2D eigenvalue weighted by molar-refractivity contribution is -0.149. The molecule has 0 radical (unpaired) electrons. The van der Waals surface area contributed by atoms with Crippen molar-refractivity contribution in [3.05, 3.63) is 83.9 Å². The smallest absolute Gasteiger partial charge is 0.306 e. The van der Waals surface area contributed by atoms with Crippen molar-refractivity contribution in [2.24, 2.45) is 29.4 Å². The number of esters is 1. The number of ketones is 2. The first-order chi connectivity index (χ1) is 23.6. The number of hydrogen-bond donors (Lipinski definition) is 3. The molecule has 3 rings (SSSR count). The summed E-state index contributed by atoms with van der Waals surface area (Å²) in [4.78, 5) is 79.1. The average molecular weight is 686 g/mol. The van der Waals surface area contributed by atoms with Crippen molar-refractivity contribution in [1.29, 1.82) is 0 Å². The van der Waals surface area contributed by atoms with Crippen LogP contribution in [-0.2, 0) is 46.5 Å². The molecule has 0 aliphatic carbocycles. The number of ether oxygens (including phenoxy) is 1. The highest BCUT2D eigenvalue weighted by atomic mass is 16.5. The highest BCUT2D eigenvalue weighted by Crippen LogP contribution is 2.23. The summed E-state index contributed by atoms with van der Waals surface area (Å²) in [6.07, 6.45) is 0.629. The van der Waals surface area contributed by atoms with Crippen LogP contribution in [0.2, 0.25) is 0 Å². The van der Waals surface area contributed by atoms with Crippen LogP contribution in [0, 0.1) is 23.7 Å². The fraction of sp³-hybridized carbons (Fsp3) is 0.450. The molecule has 4 atom stereocenters. The van der Waals surface area contributed by atoms with E-state index >= 15 is 0 Å². The van der Waals surface area contributed by atoms with Gasteiger partial charge in [0.25, 0.3) is 5.91 Å². The van der Waals surface area contributed by atoms with Gasteiger partial charge in [0.2, 0.25) is 17.6 Å². The summed E-state index contributed by atoms with van der Waals surface area (Å²) in [5.74, 6) is -6.14. The van der Waals surface area contributed by atoms with Crippen LogP contribution in [0.4, 0.5) is 0 Å². The minimum absolute atomic E-state index is 0.0611. The third kappa shape index (κ3) is 11.6. The molecule has 0 heterocycles. The van der Waals surface area contributed by atoms with Gasteiger partial charge < -0.3 is 21.1 Å². The number of Topliss-reactive ketones (excluding diaryl/α,β-unsaturated/α-hetero) is 2. The van der Waals surface area contributed by atoms with Crippen LogP contribution in [0.5, 0.6) is 0 Å².